The van der Waals surface area contributed by atoms with Gasteiger partial charge in [0, 0.05) is 39.8 Å². The summed E-state index contributed by atoms with van der Waals surface area (Å²) in [7, 11) is 7.60. The third-order valence-electron chi connectivity index (χ3n) is 5.39. The minimum Gasteiger partial charge on any atom is -0.497 e. The van der Waals surface area contributed by atoms with E-state index in [4.69, 9.17) is 9.15 Å². The van der Waals surface area contributed by atoms with E-state index in [1.54, 1.807) is 26.3 Å². The van der Waals surface area contributed by atoms with Crippen LogP contribution >= 0.6 is 24.0 Å². The van der Waals surface area contributed by atoms with Gasteiger partial charge in [-0.15, -0.1) is 24.0 Å². The number of benzene rings is 1. The summed E-state index contributed by atoms with van der Waals surface area (Å²) in [6, 6.07) is 11.8. The Morgan fingerprint density at radius 3 is 2.32 bits per heavy atom. The van der Waals surface area contributed by atoms with Gasteiger partial charge in [-0.2, -0.15) is 0 Å². The lowest BCUT2D eigenvalue weighted by molar-refractivity contribution is 0.0657. The van der Waals surface area contributed by atoms with Gasteiger partial charge in [0.2, 0.25) is 0 Å². The van der Waals surface area contributed by atoms with E-state index >= 15 is 0 Å². The van der Waals surface area contributed by atoms with Gasteiger partial charge < -0.3 is 29.2 Å². The average Bonchev–Trinajstić information content (AvgIpc) is 3.31. The Morgan fingerprint density at radius 2 is 1.81 bits per heavy atom. The molecule has 1 aromatic carbocycles. The molecule has 8 nitrogen and oxygen atoms in total. The smallest absolute Gasteiger partial charge is 0.289 e. The Kier molecular flexibility index (Phi) is 9.63. The van der Waals surface area contributed by atoms with Gasteiger partial charge in [-0.05, 0) is 43.9 Å². The van der Waals surface area contributed by atoms with Gasteiger partial charge in [0.1, 0.15) is 5.75 Å². The fourth-order valence-corrected chi connectivity index (χ4v) is 3.62. The monoisotopic (exact) mass is 541 g/mol. The van der Waals surface area contributed by atoms with Gasteiger partial charge >= 0.3 is 0 Å². The molecule has 1 aromatic heterocycles. The number of guanidine groups is 1. The summed E-state index contributed by atoms with van der Waals surface area (Å²) in [5.74, 6) is 2.02. The van der Waals surface area contributed by atoms with Crippen molar-refractivity contribution in [3.8, 4) is 5.75 Å². The molecule has 1 atom stereocenters. The van der Waals surface area contributed by atoms with E-state index in [1.165, 1.54) is 11.8 Å². The van der Waals surface area contributed by atoms with Gasteiger partial charge in [0.15, 0.2) is 11.7 Å². The molecule has 31 heavy (non-hydrogen) atoms. The Hall–Kier alpha value is -2.27. The van der Waals surface area contributed by atoms with Crippen molar-refractivity contribution in [3.63, 3.8) is 0 Å². The van der Waals surface area contributed by atoms with Crippen molar-refractivity contribution in [2.24, 2.45) is 4.99 Å². The number of furan rings is 1. The minimum atomic E-state index is -0.0604. The predicted octanol–water partition coefficient (Wildman–Crippen LogP) is 2.54. The molecular weight excluding hydrogens is 509 g/mol. The number of nitrogens with zero attached hydrogens (tertiary/aromatic N) is 4. The van der Waals surface area contributed by atoms with Crippen LogP contribution in [0.5, 0.6) is 5.75 Å². The molecule has 0 aliphatic carbocycles. The van der Waals surface area contributed by atoms with Gasteiger partial charge in [0.25, 0.3) is 5.91 Å². The summed E-state index contributed by atoms with van der Waals surface area (Å²) < 4.78 is 10.5. The lowest BCUT2D eigenvalue weighted by Gasteiger charge is -2.37. The van der Waals surface area contributed by atoms with Crippen LogP contribution in [0.15, 0.2) is 52.1 Å². The summed E-state index contributed by atoms with van der Waals surface area (Å²) in [4.78, 5) is 23.1. The van der Waals surface area contributed by atoms with Crippen LogP contribution in [0.1, 0.15) is 22.2 Å². The third-order valence-corrected chi connectivity index (χ3v) is 5.39. The van der Waals surface area contributed by atoms with Crippen molar-refractivity contribution in [1.29, 1.82) is 0 Å². The highest BCUT2D eigenvalue weighted by molar-refractivity contribution is 14.0. The topological polar surface area (TPSA) is 73.6 Å². The second kappa shape index (κ2) is 11.9. The van der Waals surface area contributed by atoms with Crippen molar-refractivity contribution in [3.05, 3.63) is 54.0 Å². The molecule has 9 heteroatoms. The molecule has 1 fully saturated rings. The molecule has 0 radical (unpaired) electrons. The molecule has 1 aliphatic rings. The number of halogens is 1. The second-order valence-electron chi connectivity index (χ2n) is 7.44. The van der Waals surface area contributed by atoms with Gasteiger partial charge in [-0.3, -0.25) is 9.79 Å². The first-order valence-corrected chi connectivity index (χ1v) is 10.1. The van der Waals surface area contributed by atoms with Gasteiger partial charge in [-0.1, -0.05) is 12.1 Å². The number of carbonyl (C=O) groups excluding carboxylic acids is 1. The fourth-order valence-electron chi connectivity index (χ4n) is 3.62. The SMILES string of the molecule is CN=C(NCC(c1ccc(OC)cc1)N(C)C)N1CCN(C(=O)c2ccco2)CC1.I. The third kappa shape index (κ3) is 6.36. The number of hydrogen-bond acceptors (Lipinski definition) is 5. The van der Waals surface area contributed by atoms with Crippen LogP contribution in [0.3, 0.4) is 0 Å². The lowest BCUT2D eigenvalue weighted by atomic mass is 10.1. The van der Waals surface area contributed by atoms with Crippen molar-refractivity contribution >= 4 is 35.8 Å². The summed E-state index contributed by atoms with van der Waals surface area (Å²) in [5.41, 5.74) is 1.21. The fraction of sp³-hybridized carbons (Fsp3) is 0.455. The van der Waals surface area contributed by atoms with Gasteiger partial charge in [-0.25, -0.2) is 0 Å². The van der Waals surface area contributed by atoms with E-state index in [1.807, 2.05) is 17.0 Å². The maximum atomic E-state index is 12.5. The maximum absolute atomic E-state index is 12.5. The molecule has 0 saturated carbocycles. The van der Waals surface area contributed by atoms with Crippen LogP contribution in [0.2, 0.25) is 0 Å². The summed E-state index contributed by atoms with van der Waals surface area (Å²) in [5, 5.41) is 3.50. The molecule has 0 bridgehead atoms. The molecule has 1 N–H and O–H groups in total. The molecule has 1 saturated heterocycles. The quantitative estimate of drug-likeness (QED) is 0.345. The van der Waals surface area contributed by atoms with E-state index in [-0.39, 0.29) is 35.9 Å². The number of hydrogen-bond donors (Lipinski definition) is 1. The number of rotatable bonds is 6. The predicted molar refractivity (Wildman–Crippen MR) is 132 cm³/mol. The first kappa shape index (κ1) is 25.0. The Morgan fingerprint density at radius 1 is 1.16 bits per heavy atom. The number of aliphatic imine (C=N–C) groups is 1. The van der Waals surface area contributed by atoms with E-state index in [9.17, 15) is 4.79 Å². The highest BCUT2D eigenvalue weighted by atomic mass is 127. The van der Waals surface area contributed by atoms with Crippen molar-refractivity contribution in [1.82, 2.24) is 20.0 Å². The van der Waals surface area contributed by atoms with Crippen LogP contribution in [-0.4, -0.2) is 87.5 Å². The van der Waals surface area contributed by atoms with Crippen LogP contribution in [0, 0.1) is 0 Å². The highest BCUT2D eigenvalue weighted by Gasteiger charge is 2.25. The Bertz CT molecular complexity index is 831. The zero-order chi connectivity index (χ0) is 21.5. The molecule has 170 valence electrons. The van der Waals surface area contributed by atoms with Crippen molar-refractivity contribution < 1.29 is 13.9 Å². The van der Waals surface area contributed by atoms with Crippen LogP contribution in [0.25, 0.3) is 0 Å². The van der Waals surface area contributed by atoms with E-state index in [0.29, 0.717) is 18.8 Å². The number of methoxy groups -OCH3 is 1. The highest BCUT2D eigenvalue weighted by Crippen LogP contribution is 2.21. The van der Waals surface area contributed by atoms with E-state index in [0.717, 1.165) is 31.3 Å². The summed E-state index contributed by atoms with van der Waals surface area (Å²) >= 11 is 0. The van der Waals surface area contributed by atoms with E-state index in [2.05, 4.69) is 46.3 Å². The molecule has 1 amide bonds. The molecule has 1 unspecified atom stereocenters. The molecule has 1 aliphatic heterocycles. The van der Waals surface area contributed by atoms with Crippen LogP contribution < -0.4 is 10.1 Å². The molecule has 2 aromatic rings. The van der Waals surface area contributed by atoms with Crippen molar-refractivity contribution in [2.45, 2.75) is 6.04 Å². The zero-order valence-electron chi connectivity index (χ0n) is 18.6. The standard InChI is InChI=1S/C22H31N5O3.HI/c1-23-22(24-16-19(25(2)3)17-7-9-18(29-4)10-8-17)27-13-11-26(12-14-27)21(28)20-6-5-15-30-20;/h5-10,15,19H,11-14,16H2,1-4H3,(H,23,24);1H. The van der Waals surface area contributed by atoms with Crippen LogP contribution in [0.4, 0.5) is 0 Å². The average molecular weight is 541 g/mol. The summed E-state index contributed by atoms with van der Waals surface area (Å²) in [6.45, 7) is 3.44. The number of likely N-dealkylation sites (N-methyl/N-ethyl adjacent to an activating group) is 1. The Balaban J connectivity index is 0.00000341. The zero-order valence-corrected chi connectivity index (χ0v) is 20.9. The van der Waals surface area contributed by atoms with Crippen molar-refractivity contribution in [2.75, 3.05) is 61.0 Å². The minimum absolute atomic E-state index is 0. The first-order chi connectivity index (χ1) is 14.5. The summed E-state index contributed by atoms with van der Waals surface area (Å²) in [6.07, 6.45) is 1.53. The number of amides is 1. The van der Waals surface area contributed by atoms with E-state index < -0.39 is 0 Å². The molecule has 0 spiro atoms. The van der Waals surface area contributed by atoms with Crippen LogP contribution in [-0.2, 0) is 0 Å². The normalized spacial score (nSPS) is 15.5. The van der Waals surface area contributed by atoms with Gasteiger partial charge in [0.05, 0.1) is 19.4 Å². The number of piperazine rings is 1. The number of nitrogens with one attached hydrogen (secondary N) is 1. The molecule has 2 heterocycles. The number of ether oxygens (including phenoxy) is 1. The first-order valence-electron chi connectivity index (χ1n) is 10.1. The number of carbonyl (C=O) groups is 1. The molecule has 3 rings (SSSR count). The lowest BCUT2D eigenvalue weighted by Crippen LogP contribution is -2.54. The Labute approximate surface area is 201 Å². The maximum Gasteiger partial charge on any atom is 0.289 e. The molecular formula is C22H32IN5O3. The largest absolute Gasteiger partial charge is 0.497 e. The second-order valence-corrected chi connectivity index (χ2v) is 7.44.